The molecule has 1 aromatic rings. The first kappa shape index (κ1) is 16.6. The van der Waals surface area contributed by atoms with Gasteiger partial charge in [0.2, 0.25) is 0 Å². The number of allylic oxidation sites excluding steroid dienone is 2. The molecule has 0 saturated carbocycles. The van der Waals surface area contributed by atoms with Crippen molar-refractivity contribution in [2.24, 2.45) is 11.3 Å². The van der Waals surface area contributed by atoms with Crippen molar-refractivity contribution >= 4 is 0 Å². The van der Waals surface area contributed by atoms with Crippen LogP contribution < -0.4 is 0 Å². The smallest absolute Gasteiger partial charge is 0.119 e. The summed E-state index contributed by atoms with van der Waals surface area (Å²) in [6.45, 7) is 9.32. The first-order chi connectivity index (χ1) is 10.9. The summed E-state index contributed by atoms with van der Waals surface area (Å²) in [6, 6.07) is 4.43. The Bertz CT molecular complexity index is 609. The van der Waals surface area contributed by atoms with E-state index in [0.717, 1.165) is 12.8 Å². The zero-order valence-corrected chi connectivity index (χ0v) is 15.3. The van der Waals surface area contributed by atoms with E-state index in [1.807, 2.05) is 6.07 Å². The molecule has 3 rings (SSSR count). The number of unbranched alkanes of at least 4 members (excludes halogenated alkanes) is 2. The van der Waals surface area contributed by atoms with Gasteiger partial charge >= 0.3 is 0 Å². The summed E-state index contributed by atoms with van der Waals surface area (Å²) < 4.78 is 0. The number of aromatic hydroxyl groups is 1. The molecule has 1 aromatic carbocycles. The van der Waals surface area contributed by atoms with Crippen LogP contribution in [0.1, 0.15) is 82.4 Å². The van der Waals surface area contributed by atoms with Crippen molar-refractivity contribution in [3.8, 4) is 5.75 Å². The van der Waals surface area contributed by atoms with E-state index < -0.39 is 0 Å². The SMILES string of the molecule is CCCCCc1cc(O)c2c(c1)CC(C)(C)[C@@H]1CCC(C)=C[C@@H]21. The minimum Gasteiger partial charge on any atom is -0.508 e. The third-order valence-electron chi connectivity index (χ3n) is 6.10. The molecule has 0 fully saturated rings. The average molecular weight is 312 g/mol. The van der Waals surface area contributed by atoms with E-state index in [0.29, 0.717) is 23.0 Å². The summed E-state index contributed by atoms with van der Waals surface area (Å²) in [5.41, 5.74) is 5.76. The second-order valence-electron chi connectivity index (χ2n) is 8.49. The van der Waals surface area contributed by atoms with Gasteiger partial charge in [0.05, 0.1) is 0 Å². The Morgan fingerprint density at radius 3 is 2.74 bits per heavy atom. The highest BCUT2D eigenvalue weighted by Crippen LogP contribution is 2.54. The molecule has 1 heteroatoms. The number of phenolic OH excluding ortho intramolecular Hbond substituents is 1. The Hall–Kier alpha value is -1.24. The van der Waals surface area contributed by atoms with Crippen molar-refractivity contribution in [3.05, 3.63) is 40.5 Å². The van der Waals surface area contributed by atoms with Crippen LogP contribution in [0, 0.1) is 11.3 Å². The third kappa shape index (κ3) is 3.20. The first-order valence-corrected chi connectivity index (χ1v) is 9.44. The number of hydrogen-bond acceptors (Lipinski definition) is 1. The van der Waals surface area contributed by atoms with Crippen molar-refractivity contribution in [2.75, 3.05) is 0 Å². The number of benzene rings is 1. The highest BCUT2D eigenvalue weighted by molar-refractivity contribution is 5.50. The van der Waals surface area contributed by atoms with E-state index in [1.165, 1.54) is 54.4 Å². The summed E-state index contributed by atoms with van der Waals surface area (Å²) in [6.07, 6.45) is 10.9. The maximum absolute atomic E-state index is 10.8. The monoisotopic (exact) mass is 312 g/mol. The van der Waals surface area contributed by atoms with E-state index in [4.69, 9.17) is 0 Å². The Morgan fingerprint density at radius 2 is 2.00 bits per heavy atom. The fraction of sp³-hybridized carbons (Fsp3) is 0.636. The molecule has 0 unspecified atom stereocenters. The van der Waals surface area contributed by atoms with Crippen LogP contribution in [-0.4, -0.2) is 5.11 Å². The highest BCUT2D eigenvalue weighted by Gasteiger charge is 2.43. The average Bonchev–Trinajstić information content (AvgIpc) is 2.46. The van der Waals surface area contributed by atoms with Crippen molar-refractivity contribution in [1.29, 1.82) is 0 Å². The van der Waals surface area contributed by atoms with Gasteiger partial charge in [-0.25, -0.2) is 0 Å². The highest BCUT2D eigenvalue weighted by atomic mass is 16.3. The molecular formula is C22H32O. The topological polar surface area (TPSA) is 20.2 Å². The molecule has 0 saturated heterocycles. The van der Waals surface area contributed by atoms with E-state index in [1.54, 1.807) is 0 Å². The normalized spacial score (nSPS) is 25.5. The molecule has 2 atom stereocenters. The Labute approximate surface area is 141 Å². The lowest BCUT2D eigenvalue weighted by Gasteiger charge is -2.47. The lowest BCUT2D eigenvalue weighted by Crippen LogP contribution is -2.37. The van der Waals surface area contributed by atoms with Gasteiger partial charge in [0.1, 0.15) is 5.75 Å². The zero-order valence-electron chi connectivity index (χ0n) is 15.3. The quantitative estimate of drug-likeness (QED) is 0.522. The molecule has 0 bridgehead atoms. The molecule has 23 heavy (non-hydrogen) atoms. The molecule has 0 amide bonds. The maximum Gasteiger partial charge on any atom is 0.119 e. The molecular weight excluding hydrogens is 280 g/mol. The molecule has 1 nitrogen and oxygen atoms in total. The fourth-order valence-electron chi connectivity index (χ4n) is 4.87. The summed E-state index contributed by atoms with van der Waals surface area (Å²) in [5.74, 6) is 1.62. The molecule has 1 N–H and O–H groups in total. The number of hydrogen-bond donors (Lipinski definition) is 1. The summed E-state index contributed by atoms with van der Waals surface area (Å²) >= 11 is 0. The molecule has 126 valence electrons. The van der Waals surface area contributed by atoms with Crippen LogP contribution >= 0.6 is 0 Å². The number of rotatable bonds is 4. The van der Waals surface area contributed by atoms with Gasteiger partial charge in [-0.15, -0.1) is 0 Å². The van der Waals surface area contributed by atoms with Crippen LogP contribution in [0.4, 0.5) is 0 Å². The minimum absolute atomic E-state index is 0.323. The summed E-state index contributed by atoms with van der Waals surface area (Å²) in [7, 11) is 0. The molecule has 0 aromatic heterocycles. The summed E-state index contributed by atoms with van der Waals surface area (Å²) in [4.78, 5) is 0. The lowest BCUT2D eigenvalue weighted by atomic mass is 9.58. The van der Waals surface area contributed by atoms with Crippen LogP contribution in [0.15, 0.2) is 23.8 Å². The third-order valence-corrected chi connectivity index (χ3v) is 6.10. The van der Waals surface area contributed by atoms with Crippen LogP contribution in [0.2, 0.25) is 0 Å². The summed E-state index contributed by atoms with van der Waals surface area (Å²) in [5, 5.41) is 10.8. The van der Waals surface area contributed by atoms with Gasteiger partial charge in [-0.3, -0.25) is 0 Å². The minimum atomic E-state index is 0.323. The van der Waals surface area contributed by atoms with Gasteiger partial charge in [-0.2, -0.15) is 0 Å². The maximum atomic E-state index is 10.8. The van der Waals surface area contributed by atoms with Crippen LogP contribution in [0.5, 0.6) is 5.75 Å². The van der Waals surface area contributed by atoms with E-state index in [9.17, 15) is 5.11 Å². The van der Waals surface area contributed by atoms with Crippen molar-refractivity contribution in [1.82, 2.24) is 0 Å². The predicted molar refractivity (Wildman–Crippen MR) is 98.0 cm³/mol. The fourth-order valence-corrected chi connectivity index (χ4v) is 4.87. The van der Waals surface area contributed by atoms with Gasteiger partial charge in [-0.1, -0.05) is 51.3 Å². The predicted octanol–water partition coefficient (Wildman–Crippen LogP) is 6.15. The number of fused-ring (bicyclic) bond motifs is 3. The van der Waals surface area contributed by atoms with E-state index >= 15 is 0 Å². The van der Waals surface area contributed by atoms with Gasteiger partial charge in [0, 0.05) is 11.5 Å². The zero-order chi connectivity index (χ0) is 16.6. The second-order valence-corrected chi connectivity index (χ2v) is 8.49. The molecule has 0 radical (unpaired) electrons. The van der Waals surface area contributed by atoms with E-state index in [-0.39, 0.29) is 0 Å². The van der Waals surface area contributed by atoms with Crippen molar-refractivity contribution < 1.29 is 5.11 Å². The van der Waals surface area contributed by atoms with Gasteiger partial charge < -0.3 is 5.11 Å². The van der Waals surface area contributed by atoms with Gasteiger partial charge in [-0.05, 0) is 67.6 Å². The largest absolute Gasteiger partial charge is 0.508 e. The Kier molecular flexibility index (Phi) is 4.58. The first-order valence-electron chi connectivity index (χ1n) is 9.44. The molecule has 0 spiro atoms. The second kappa shape index (κ2) is 6.34. The van der Waals surface area contributed by atoms with E-state index in [2.05, 4.69) is 39.8 Å². The molecule has 0 heterocycles. The van der Waals surface area contributed by atoms with Gasteiger partial charge in [0.15, 0.2) is 0 Å². The van der Waals surface area contributed by atoms with Crippen LogP contribution in [0.3, 0.4) is 0 Å². The lowest BCUT2D eigenvalue weighted by molar-refractivity contribution is 0.155. The van der Waals surface area contributed by atoms with Crippen LogP contribution in [0.25, 0.3) is 0 Å². The Morgan fingerprint density at radius 1 is 1.22 bits per heavy atom. The van der Waals surface area contributed by atoms with Crippen molar-refractivity contribution in [2.45, 2.75) is 78.6 Å². The van der Waals surface area contributed by atoms with Gasteiger partial charge in [0.25, 0.3) is 0 Å². The standard InChI is InChI=1S/C22H32O/c1-5-6-7-8-16-12-17-14-22(3,4)19-10-9-15(2)11-18(19)21(17)20(23)13-16/h11-13,18-19,23H,5-10,14H2,1-4H3/t18-,19-/m1/s1. The van der Waals surface area contributed by atoms with Crippen molar-refractivity contribution in [3.63, 3.8) is 0 Å². The molecule has 0 aliphatic heterocycles. The molecule has 2 aliphatic rings. The van der Waals surface area contributed by atoms with Crippen LogP contribution in [-0.2, 0) is 12.8 Å². The Balaban J connectivity index is 1.99. The number of phenols is 1. The number of aryl methyl sites for hydroxylation is 1. The molecule has 2 aliphatic carbocycles.